The van der Waals surface area contributed by atoms with Crippen molar-refractivity contribution in [3.05, 3.63) is 35.4 Å². The summed E-state index contributed by atoms with van der Waals surface area (Å²) >= 11 is 0. The Morgan fingerprint density at radius 3 is 2.17 bits per heavy atom. The molecule has 0 bridgehead atoms. The highest BCUT2D eigenvalue weighted by atomic mass is 15.1. The summed E-state index contributed by atoms with van der Waals surface area (Å²) in [6.07, 6.45) is 0. The van der Waals surface area contributed by atoms with E-state index in [2.05, 4.69) is 62.1 Å². The monoisotopic (exact) mass is 249 g/mol. The molecule has 102 valence electrons. The highest BCUT2D eigenvalue weighted by Gasteiger charge is 2.04. The summed E-state index contributed by atoms with van der Waals surface area (Å²) in [6, 6.07) is 8.83. The van der Waals surface area contributed by atoms with Crippen LogP contribution in [-0.2, 0) is 6.54 Å². The zero-order chi connectivity index (χ0) is 13.5. The van der Waals surface area contributed by atoms with Crippen molar-refractivity contribution in [2.24, 2.45) is 5.73 Å². The summed E-state index contributed by atoms with van der Waals surface area (Å²) in [4.78, 5) is 4.56. The van der Waals surface area contributed by atoms with Gasteiger partial charge in [-0.1, -0.05) is 31.2 Å². The molecule has 0 aliphatic rings. The van der Waals surface area contributed by atoms with E-state index in [4.69, 9.17) is 5.73 Å². The second-order valence-corrected chi connectivity index (χ2v) is 5.42. The van der Waals surface area contributed by atoms with Crippen molar-refractivity contribution in [1.29, 1.82) is 0 Å². The van der Waals surface area contributed by atoms with Gasteiger partial charge in [0.05, 0.1) is 0 Å². The van der Waals surface area contributed by atoms with Crippen LogP contribution in [0.5, 0.6) is 0 Å². The van der Waals surface area contributed by atoms with E-state index in [9.17, 15) is 0 Å². The summed E-state index contributed by atoms with van der Waals surface area (Å²) in [7, 11) is 6.38. The Balaban J connectivity index is 2.48. The first-order valence-electron chi connectivity index (χ1n) is 6.65. The molecule has 0 radical (unpaired) electrons. The molecule has 1 aromatic rings. The molecule has 0 aliphatic heterocycles. The van der Waals surface area contributed by atoms with Gasteiger partial charge in [-0.05, 0) is 44.7 Å². The van der Waals surface area contributed by atoms with Crippen molar-refractivity contribution in [1.82, 2.24) is 9.80 Å². The third kappa shape index (κ3) is 5.17. The van der Waals surface area contributed by atoms with Gasteiger partial charge in [-0.2, -0.15) is 0 Å². The summed E-state index contributed by atoms with van der Waals surface area (Å²) in [5.41, 5.74) is 8.37. The molecule has 3 nitrogen and oxygen atoms in total. The van der Waals surface area contributed by atoms with Gasteiger partial charge in [0, 0.05) is 19.6 Å². The van der Waals surface area contributed by atoms with E-state index < -0.39 is 0 Å². The van der Waals surface area contributed by atoms with Crippen LogP contribution >= 0.6 is 0 Å². The lowest BCUT2D eigenvalue weighted by molar-refractivity contribution is 0.276. The zero-order valence-corrected chi connectivity index (χ0v) is 12.2. The van der Waals surface area contributed by atoms with Crippen molar-refractivity contribution in [2.75, 3.05) is 40.8 Å². The lowest BCUT2D eigenvalue weighted by atomic mass is 10.00. The van der Waals surface area contributed by atoms with E-state index in [-0.39, 0.29) is 0 Å². The molecule has 0 aliphatic carbocycles. The molecule has 1 aromatic carbocycles. The number of hydrogen-bond donors (Lipinski definition) is 1. The highest BCUT2D eigenvalue weighted by Crippen LogP contribution is 2.15. The Morgan fingerprint density at radius 1 is 1.06 bits per heavy atom. The maximum atomic E-state index is 5.68. The van der Waals surface area contributed by atoms with E-state index in [1.807, 2.05) is 0 Å². The first-order valence-corrected chi connectivity index (χ1v) is 6.65. The lowest BCUT2D eigenvalue weighted by Crippen LogP contribution is -2.28. The van der Waals surface area contributed by atoms with Crippen molar-refractivity contribution in [3.63, 3.8) is 0 Å². The van der Waals surface area contributed by atoms with E-state index >= 15 is 0 Å². The largest absolute Gasteiger partial charge is 0.330 e. The number of hydrogen-bond acceptors (Lipinski definition) is 3. The molecule has 18 heavy (non-hydrogen) atoms. The molecule has 0 amide bonds. The quantitative estimate of drug-likeness (QED) is 0.799. The molecular formula is C15H27N3. The molecule has 0 saturated heterocycles. The standard InChI is InChI=1S/C15H27N3/c1-13(11-16)15-7-5-14(6-8-15)12-18(4)10-9-17(2)3/h5-8,13H,9-12,16H2,1-4H3. The van der Waals surface area contributed by atoms with Crippen molar-refractivity contribution in [2.45, 2.75) is 19.4 Å². The van der Waals surface area contributed by atoms with Crippen LogP contribution in [0.15, 0.2) is 24.3 Å². The molecule has 1 unspecified atom stereocenters. The minimum Gasteiger partial charge on any atom is -0.330 e. The average molecular weight is 249 g/mol. The van der Waals surface area contributed by atoms with Crippen molar-refractivity contribution < 1.29 is 0 Å². The van der Waals surface area contributed by atoms with E-state index in [0.29, 0.717) is 12.5 Å². The molecule has 3 heteroatoms. The van der Waals surface area contributed by atoms with E-state index in [1.165, 1.54) is 11.1 Å². The van der Waals surface area contributed by atoms with Crippen LogP contribution in [0.1, 0.15) is 24.0 Å². The number of nitrogens with two attached hydrogens (primary N) is 1. The molecule has 1 rings (SSSR count). The molecule has 0 heterocycles. The molecular weight excluding hydrogens is 222 g/mol. The van der Waals surface area contributed by atoms with Crippen LogP contribution in [0.3, 0.4) is 0 Å². The zero-order valence-electron chi connectivity index (χ0n) is 12.2. The average Bonchev–Trinajstić information content (AvgIpc) is 2.36. The highest BCUT2D eigenvalue weighted by molar-refractivity contribution is 5.25. The van der Waals surface area contributed by atoms with Gasteiger partial charge in [0.15, 0.2) is 0 Å². The molecule has 0 aromatic heterocycles. The smallest absolute Gasteiger partial charge is 0.0231 e. The summed E-state index contributed by atoms with van der Waals surface area (Å²) in [5, 5.41) is 0. The second-order valence-electron chi connectivity index (χ2n) is 5.42. The van der Waals surface area contributed by atoms with E-state index in [0.717, 1.165) is 19.6 Å². The van der Waals surface area contributed by atoms with Gasteiger partial charge in [0.25, 0.3) is 0 Å². The topological polar surface area (TPSA) is 32.5 Å². The fourth-order valence-corrected chi connectivity index (χ4v) is 1.85. The third-order valence-corrected chi connectivity index (χ3v) is 3.28. The first-order chi connectivity index (χ1) is 8.52. The minimum atomic E-state index is 0.450. The van der Waals surface area contributed by atoms with Gasteiger partial charge < -0.3 is 15.5 Å². The summed E-state index contributed by atoms with van der Waals surface area (Å²) in [5.74, 6) is 0.450. The van der Waals surface area contributed by atoms with Crippen LogP contribution in [0.4, 0.5) is 0 Å². The SMILES string of the molecule is CC(CN)c1ccc(CN(C)CCN(C)C)cc1. The summed E-state index contributed by atoms with van der Waals surface area (Å²) < 4.78 is 0. The Kier molecular flexibility index (Phi) is 6.33. The fraction of sp³-hybridized carbons (Fsp3) is 0.600. The second kappa shape index (κ2) is 7.52. The number of nitrogens with zero attached hydrogens (tertiary/aromatic N) is 2. The Bertz CT molecular complexity index is 332. The molecule has 2 N–H and O–H groups in total. The van der Waals surface area contributed by atoms with Crippen molar-refractivity contribution >= 4 is 0 Å². The molecule has 0 saturated carbocycles. The third-order valence-electron chi connectivity index (χ3n) is 3.28. The van der Waals surface area contributed by atoms with Gasteiger partial charge in [-0.15, -0.1) is 0 Å². The van der Waals surface area contributed by atoms with Gasteiger partial charge >= 0.3 is 0 Å². The van der Waals surface area contributed by atoms with Crippen LogP contribution in [0, 0.1) is 0 Å². The van der Waals surface area contributed by atoms with Gasteiger partial charge in [0.2, 0.25) is 0 Å². The number of benzene rings is 1. The lowest BCUT2D eigenvalue weighted by Gasteiger charge is -2.19. The van der Waals surface area contributed by atoms with Crippen LogP contribution in [0.2, 0.25) is 0 Å². The molecule has 0 fully saturated rings. The minimum absolute atomic E-state index is 0.450. The molecule has 0 spiro atoms. The Hall–Kier alpha value is -0.900. The van der Waals surface area contributed by atoms with Crippen LogP contribution < -0.4 is 5.73 Å². The Labute approximate surface area is 112 Å². The Morgan fingerprint density at radius 2 is 1.67 bits per heavy atom. The normalized spacial score (nSPS) is 13.3. The predicted octanol–water partition coefficient (Wildman–Crippen LogP) is 1.74. The predicted molar refractivity (Wildman–Crippen MR) is 78.8 cm³/mol. The van der Waals surface area contributed by atoms with Gasteiger partial charge in [0.1, 0.15) is 0 Å². The summed E-state index contributed by atoms with van der Waals surface area (Å²) in [6.45, 7) is 6.07. The van der Waals surface area contributed by atoms with Crippen molar-refractivity contribution in [3.8, 4) is 0 Å². The van der Waals surface area contributed by atoms with Gasteiger partial charge in [-0.3, -0.25) is 0 Å². The van der Waals surface area contributed by atoms with E-state index in [1.54, 1.807) is 0 Å². The number of rotatable bonds is 7. The first kappa shape index (κ1) is 15.2. The number of likely N-dealkylation sites (N-methyl/N-ethyl adjacent to an activating group) is 2. The molecule has 1 atom stereocenters. The maximum absolute atomic E-state index is 5.68. The van der Waals surface area contributed by atoms with Gasteiger partial charge in [-0.25, -0.2) is 0 Å². The maximum Gasteiger partial charge on any atom is 0.0231 e. The van der Waals surface area contributed by atoms with Crippen LogP contribution in [-0.4, -0.2) is 50.6 Å². The fourth-order valence-electron chi connectivity index (χ4n) is 1.85. The van der Waals surface area contributed by atoms with Crippen LogP contribution in [0.25, 0.3) is 0 Å².